The maximum Gasteiger partial charge on any atom is 0.250 e. The van der Waals surface area contributed by atoms with Crippen molar-refractivity contribution in [2.24, 2.45) is 5.10 Å². The summed E-state index contributed by atoms with van der Waals surface area (Å²) >= 11 is 1.33. The first-order valence-electron chi connectivity index (χ1n) is 10.8. The van der Waals surface area contributed by atoms with E-state index in [-0.39, 0.29) is 11.7 Å². The van der Waals surface area contributed by atoms with Crippen LogP contribution >= 0.6 is 11.8 Å². The van der Waals surface area contributed by atoms with Gasteiger partial charge in [-0.2, -0.15) is 5.10 Å². The summed E-state index contributed by atoms with van der Waals surface area (Å²) in [6.45, 7) is 0.445. The van der Waals surface area contributed by atoms with Crippen molar-refractivity contribution in [3.8, 4) is 5.75 Å². The minimum atomic E-state index is -0.214. The van der Waals surface area contributed by atoms with Crippen molar-refractivity contribution in [2.75, 3.05) is 5.75 Å². The highest BCUT2D eigenvalue weighted by atomic mass is 32.2. The molecule has 1 aromatic heterocycles. The van der Waals surface area contributed by atoms with Crippen LogP contribution in [-0.2, 0) is 11.4 Å². The third-order valence-electron chi connectivity index (χ3n) is 5.26. The minimum absolute atomic E-state index is 0.198. The molecule has 0 radical (unpaired) electrons. The van der Waals surface area contributed by atoms with Gasteiger partial charge in [-0.25, -0.2) is 10.4 Å². The molecule has 0 aliphatic carbocycles. The van der Waals surface area contributed by atoms with Crippen LogP contribution in [0.25, 0.3) is 21.8 Å². The summed E-state index contributed by atoms with van der Waals surface area (Å²) in [6.07, 6.45) is 1.65. The van der Waals surface area contributed by atoms with Crippen molar-refractivity contribution in [1.29, 1.82) is 0 Å². The van der Waals surface area contributed by atoms with Crippen molar-refractivity contribution in [2.45, 2.75) is 11.8 Å². The van der Waals surface area contributed by atoms with Gasteiger partial charge in [0.2, 0.25) is 0 Å². The Morgan fingerprint density at radius 2 is 1.76 bits per heavy atom. The second-order valence-corrected chi connectivity index (χ2v) is 8.58. The molecule has 168 valence electrons. The molecule has 0 aliphatic rings. The van der Waals surface area contributed by atoms with E-state index in [0.717, 1.165) is 32.9 Å². The van der Waals surface area contributed by atoms with Crippen LogP contribution < -0.4 is 10.2 Å². The van der Waals surface area contributed by atoms with Gasteiger partial charge in [0, 0.05) is 5.56 Å². The molecule has 0 aliphatic heterocycles. The molecule has 0 bridgehead atoms. The Labute approximate surface area is 201 Å². The predicted octanol–water partition coefficient (Wildman–Crippen LogP) is 5.54. The average molecular weight is 467 g/mol. The molecule has 1 amide bonds. The first-order valence-corrected chi connectivity index (χ1v) is 11.8. The van der Waals surface area contributed by atoms with Gasteiger partial charge in [0.05, 0.1) is 23.0 Å². The number of carbonyl (C=O) groups is 1. The maximum absolute atomic E-state index is 12.4. The first-order chi connectivity index (χ1) is 16.8. The SMILES string of the molecule is O=C(CSc1nc2ccccc2[nH]1)N/N=C/c1c(OCc2ccccc2)ccc2ccccc12. The minimum Gasteiger partial charge on any atom is -0.488 e. The average Bonchev–Trinajstić information content (AvgIpc) is 3.30. The molecule has 0 saturated heterocycles. The van der Waals surface area contributed by atoms with Crippen LogP contribution in [0.2, 0.25) is 0 Å². The summed E-state index contributed by atoms with van der Waals surface area (Å²) in [5, 5.41) is 6.99. The molecule has 0 fully saturated rings. The Morgan fingerprint density at radius 1 is 0.971 bits per heavy atom. The third-order valence-corrected chi connectivity index (χ3v) is 6.13. The van der Waals surface area contributed by atoms with Gasteiger partial charge < -0.3 is 9.72 Å². The largest absolute Gasteiger partial charge is 0.488 e. The second-order valence-electron chi connectivity index (χ2n) is 7.61. The number of rotatable bonds is 8. The summed E-state index contributed by atoms with van der Waals surface area (Å²) in [4.78, 5) is 20.0. The molecule has 0 unspecified atom stereocenters. The molecular weight excluding hydrogens is 444 g/mol. The van der Waals surface area contributed by atoms with E-state index >= 15 is 0 Å². The topological polar surface area (TPSA) is 79.4 Å². The van der Waals surface area contributed by atoms with Crippen molar-refractivity contribution >= 4 is 45.7 Å². The van der Waals surface area contributed by atoms with Crippen molar-refractivity contribution < 1.29 is 9.53 Å². The Bertz CT molecular complexity index is 1430. The highest BCUT2D eigenvalue weighted by Gasteiger charge is 2.09. The molecule has 0 saturated carbocycles. The molecule has 1 heterocycles. The number of hydrogen-bond donors (Lipinski definition) is 2. The van der Waals surface area contributed by atoms with Gasteiger partial charge in [-0.1, -0.05) is 84.6 Å². The molecule has 7 heteroatoms. The van der Waals surface area contributed by atoms with E-state index in [1.807, 2.05) is 91.0 Å². The number of hydrogen-bond acceptors (Lipinski definition) is 5. The molecule has 0 atom stereocenters. The lowest BCUT2D eigenvalue weighted by Gasteiger charge is -2.12. The number of nitrogens with one attached hydrogen (secondary N) is 2. The molecule has 0 spiro atoms. The fourth-order valence-corrected chi connectivity index (χ4v) is 4.28. The third kappa shape index (κ3) is 5.10. The zero-order chi connectivity index (χ0) is 23.2. The highest BCUT2D eigenvalue weighted by Crippen LogP contribution is 2.27. The molecule has 4 aromatic carbocycles. The number of nitrogens with zero attached hydrogens (tertiary/aromatic N) is 2. The van der Waals surface area contributed by atoms with Crippen LogP contribution in [-0.4, -0.2) is 27.8 Å². The molecule has 34 heavy (non-hydrogen) atoms. The number of fused-ring (bicyclic) bond motifs is 2. The van der Waals surface area contributed by atoms with Crippen LogP contribution in [0.15, 0.2) is 101 Å². The van der Waals surface area contributed by atoms with E-state index < -0.39 is 0 Å². The lowest BCUT2D eigenvalue weighted by Crippen LogP contribution is -2.19. The Kier molecular flexibility index (Phi) is 6.54. The first kappa shape index (κ1) is 21.7. The van der Waals surface area contributed by atoms with Crippen molar-refractivity contribution in [3.05, 3.63) is 102 Å². The number of imidazole rings is 1. The molecule has 6 nitrogen and oxygen atoms in total. The summed E-state index contributed by atoms with van der Waals surface area (Å²) in [5.41, 5.74) is 6.33. The normalized spacial score (nSPS) is 11.3. The van der Waals surface area contributed by atoms with E-state index in [2.05, 4.69) is 20.5 Å². The predicted molar refractivity (Wildman–Crippen MR) is 137 cm³/mol. The number of aromatic nitrogens is 2. The van der Waals surface area contributed by atoms with Gasteiger partial charge in [-0.15, -0.1) is 0 Å². The van der Waals surface area contributed by atoms with Crippen LogP contribution in [0.5, 0.6) is 5.75 Å². The van der Waals surface area contributed by atoms with Gasteiger partial charge in [0.25, 0.3) is 5.91 Å². The number of carbonyl (C=O) groups excluding carboxylic acids is 1. The monoisotopic (exact) mass is 466 g/mol. The van der Waals surface area contributed by atoms with E-state index in [1.54, 1.807) is 6.21 Å². The van der Waals surface area contributed by atoms with Crippen molar-refractivity contribution in [3.63, 3.8) is 0 Å². The summed E-state index contributed by atoms with van der Waals surface area (Å²) in [7, 11) is 0. The van der Waals surface area contributed by atoms with Gasteiger partial charge in [0.15, 0.2) is 5.16 Å². The zero-order valence-corrected chi connectivity index (χ0v) is 19.1. The van der Waals surface area contributed by atoms with Gasteiger partial charge in [-0.05, 0) is 34.5 Å². The van der Waals surface area contributed by atoms with Crippen molar-refractivity contribution in [1.82, 2.24) is 15.4 Å². The van der Waals surface area contributed by atoms with E-state index in [9.17, 15) is 4.79 Å². The molecule has 5 aromatic rings. The van der Waals surface area contributed by atoms with Gasteiger partial charge in [-0.3, -0.25) is 4.79 Å². The van der Waals surface area contributed by atoms with Crippen LogP contribution in [0.3, 0.4) is 0 Å². The number of ether oxygens (including phenoxy) is 1. The number of H-pyrrole nitrogens is 1. The van der Waals surface area contributed by atoms with Crippen LogP contribution in [0.1, 0.15) is 11.1 Å². The maximum atomic E-state index is 12.4. The second kappa shape index (κ2) is 10.2. The van der Waals surface area contributed by atoms with E-state index in [1.165, 1.54) is 11.8 Å². The van der Waals surface area contributed by atoms with Gasteiger partial charge >= 0.3 is 0 Å². The highest BCUT2D eigenvalue weighted by molar-refractivity contribution is 7.99. The summed E-state index contributed by atoms with van der Waals surface area (Å²) in [6, 6.07) is 29.7. The summed E-state index contributed by atoms with van der Waals surface area (Å²) in [5.74, 6) is 0.690. The number of aromatic amines is 1. The fourth-order valence-electron chi connectivity index (χ4n) is 3.60. The van der Waals surface area contributed by atoms with E-state index in [4.69, 9.17) is 4.74 Å². The molecule has 2 N–H and O–H groups in total. The smallest absolute Gasteiger partial charge is 0.250 e. The Morgan fingerprint density at radius 3 is 2.65 bits per heavy atom. The number of thioether (sulfide) groups is 1. The van der Waals surface area contributed by atoms with E-state index in [0.29, 0.717) is 17.5 Å². The molecule has 5 rings (SSSR count). The van der Waals surface area contributed by atoms with Crippen LogP contribution in [0.4, 0.5) is 0 Å². The van der Waals surface area contributed by atoms with Gasteiger partial charge in [0.1, 0.15) is 12.4 Å². The standard InChI is InChI=1S/C27H22N4O2S/c32-26(18-34-27-29-23-12-6-7-13-24(23)30-27)31-28-16-22-21-11-5-4-10-20(21)14-15-25(22)33-17-19-8-2-1-3-9-19/h1-16H,17-18H2,(H,29,30)(H,31,32)/b28-16+. The Balaban J connectivity index is 1.27. The summed E-state index contributed by atoms with van der Waals surface area (Å²) < 4.78 is 6.10. The lowest BCUT2D eigenvalue weighted by atomic mass is 10.0. The number of para-hydroxylation sites is 2. The number of benzene rings is 4. The molecular formula is C27H22N4O2S. The fraction of sp³-hybridized carbons (Fsp3) is 0.0741. The number of hydrazone groups is 1. The van der Waals surface area contributed by atoms with Crippen LogP contribution in [0, 0.1) is 0 Å². The lowest BCUT2D eigenvalue weighted by molar-refractivity contribution is -0.118. The quantitative estimate of drug-likeness (QED) is 0.179. The zero-order valence-electron chi connectivity index (χ0n) is 18.3. The number of amides is 1. The Hall–Kier alpha value is -4.10.